The summed E-state index contributed by atoms with van der Waals surface area (Å²) in [7, 11) is 0. The number of carboxylic acids is 1. The van der Waals surface area contributed by atoms with Crippen molar-refractivity contribution >= 4 is 11.8 Å². The molecule has 0 saturated carbocycles. The number of Topliss-reactive ketones (excluding diaryl/α,β-unsaturated/α-hetero) is 1. The first-order valence-corrected chi connectivity index (χ1v) is 7.35. The van der Waals surface area contributed by atoms with E-state index in [0.29, 0.717) is 11.3 Å². The van der Waals surface area contributed by atoms with Gasteiger partial charge >= 0.3 is 5.97 Å². The predicted octanol–water partition coefficient (Wildman–Crippen LogP) is 3.40. The number of ketones is 1. The number of hydrogen-bond donors (Lipinski definition) is 1. The van der Waals surface area contributed by atoms with Crippen molar-refractivity contribution < 1.29 is 19.4 Å². The zero-order chi connectivity index (χ0) is 15.2. The number of carbonyl (C=O) groups is 2. The smallest absolute Gasteiger partial charge is 0.328 e. The summed E-state index contributed by atoms with van der Waals surface area (Å²) in [4.78, 5) is 23.0. The van der Waals surface area contributed by atoms with Gasteiger partial charge in [-0.25, -0.2) is 4.79 Å². The Hall–Kier alpha value is -2.10. The Kier molecular flexibility index (Phi) is 5.14. The van der Waals surface area contributed by atoms with E-state index in [1.807, 2.05) is 12.1 Å². The lowest BCUT2D eigenvalue weighted by Gasteiger charge is -2.19. The monoisotopic (exact) mass is 288 g/mol. The first kappa shape index (κ1) is 15.3. The van der Waals surface area contributed by atoms with E-state index >= 15 is 0 Å². The van der Waals surface area contributed by atoms with Gasteiger partial charge in [-0.3, -0.25) is 4.79 Å². The molecular formula is C17H20O4. The van der Waals surface area contributed by atoms with Crippen LogP contribution in [-0.4, -0.2) is 23.5 Å². The second kappa shape index (κ2) is 7.07. The van der Waals surface area contributed by atoms with Gasteiger partial charge in [0.1, 0.15) is 12.4 Å². The first-order chi connectivity index (χ1) is 10.1. The van der Waals surface area contributed by atoms with Crippen LogP contribution < -0.4 is 4.74 Å². The van der Waals surface area contributed by atoms with Crippen molar-refractivity contribution in [1.29, 1.82) is 0 Å². The van der Waals surface area contributed by atoms with Crippen LogP contribution in [-0.2, 0) is 11.2 Å². The standard InChI is InChI=1S/C17H20O4/c1-2-3-4-5-6-12-7-8-15-14(9-12)17(20)13(11-21-15)10-16(18)19/h7-10H,2-6,11H2,1H3,(H,18,19). The van der Waals surface area contributed by atoms with Crippen LogP contribution in [0.15, 0.2) is 29.8 Å². The van der Waals surface area contributed by atoms with Gasteiger partial charge in [0.15, 0.2) is 5.78 Å². The van der Waals surface area contributed by atoms with Crippen LogP contribution in [0.4, 0.5) is 0 Å². The van der Waals surface area contributed by atoms with Crippen molar-refractivity contribution in [2.45, 2.75) is 39.0 Å². The van der Waals surface area contributed by atoms with Gasteiger partial charge in [0.25, 0.3) is 0 Å². The molecule has 0 aromatic heterocycles. The zero-order valence-corrected chi connectivity index (χ0v) is 12.2. The zero-order valence-electron chi connectivity index (χ0n) is 12.2. The maximum Gasteiger partial charge on any atom is 0.328 e. The lowest BCUT2D eigenvalue weighted by molar-refractivity contribution is -0.131. The summed E-state index contributed by atoms with van der Waals surface area (Å²) in [5, 5.41) is 8.77. The summed E-state index contributed by atoms with van der Waals surface area (Å²) in [5.74, 6) is -0.824. The van der Waals surface area contributed by atoms with E-state index in [0.717, 1.165) is 24.5 Å². The fraction of sp³-hybridized carbons (Fsp3) is 0.412. The molecule has 0 fully saturated rings. The molecule has 0 aliphatic carbocycles. The molecule has 0 amide bonds. The van der Waals surface area contributed by atoms with Crippen molar-refractivity contribution in [2.24, 2.45) is 0 Å². The highest BCUT2D eigenvalue weighted by atomic mass is 16.5. The molecule has 1 heterocycles. The fourth-order valence-electron chi connectivity index (χ4n) is 2.44. The minimum atomic E-state index is -1.12. The number of aryl methyl sites for hydroxylation is 1. The van der Waals surface area contributed by atoms with Crippen LogP contribution in [0.3, 0.4) is 0 Å². The van der Waals surface area contributed by atoms with E-state index in [9.17, 15) is 9.59 Å². The summed E-state index contributed by atoms with van der Waals surface area (Å²) in [5.41, 5.74) is 1.76. The molecule has 0 radical (unpaired) electrons. The largest absolute Gasteiger partial charge is 0.488 e. The lowest BCUT2D eigenvalue weighted by atomic mass is 9.96. The molecule has 1 aromatic carbocycles. The summed E-state index contributed by atoms with van der Waals surface area (Å²) in [6, 6.07) is 5.61. The van der Waals surface area contributed by atoms with Gasteiger partial charge in [0.2, 0.25) is 0 Å². The van der Waals surface area contributed by atoms with Crippen LogP contribution in [0.1, 0.15) is 48.5 Å². The number of carboxylic acid groups (broad SMARTS) is 1. The highest BCUT2D eigenvalue weighted by Crippen LogP contribution is 2.28. The number of aliphatic carboxylic acids is 1. The quantitative estimate of drug-likeness (QED) is 0.643. The molecule has 0 bridgehead atoms. The molecule has 0 saturated heterocycles. The van der Waals surface area contributed by atoms with Crippen LogP contribution in [0, 0.1) is 0 Å². The van der Waals surface area contributed by atoms with E-state index in [1.165, 1.54) is 19.3 Å². The normalized spacial score (nSPS) is 15.7. The average Bonchev–Trinajstić information content (AvgIpc) is 2.46. The fourth-order valence-corrected chi connectivity index (χ4v) is 2.44. The average molecular weight is 288 g/mol. The Bertz CT molecular complexity index is 572. The third kappa shape index (κ3) is 3.94. The second-order valence-electron chi connectivity index (χ2n) is 5.27. The maximum atomic E-state index is 12.3. The lowest BCUT2D eigenvalue weighted by Crippen LogP contribution is -2.20. The van der Waals surface area contributed by atoms with E-state index < -0.39 is 5.97 Å². The minimum Gasteiger partial charge on any atom is -0.488 e. The molecule has 1 aliphatic rings. The predicted molar refractivity (Wildman–Crippen MR) is 79.8 cm³/mol. The third-order valence-corrected chi connectivity index (χ3v) is 3.58. The Balaban J connectivity index is 2.13. The number of rotatable bonds is 6. The van der Waals surface area contributed by atoms with E-state index in [2.05, 4.69) is 6.92 Å². The van der Waals surface area contributed by atoms with Gasteiger partial charge in [-0.15, -0.1) is 0 Å². The third-order valence-electron chi connectivity index (χ3n) is 3.58. The summed E-state index contributed by atoms with van der Waals surface area (Å²) in [6.45, 7) is 2.19. The molecule has 0 spiro atoms. The van der Waals surface area contributed by atoms with Crippen molar-refractivity contribution in [3.8, 4) is 5.75 Å². The SMILES string of the molecule is CCCCCCc1ccc2c(c1)C(=O)C(=CC(=O)O)CO2. The molecule has 1 aliphatic heterocycles. The highest BCUT2D eigenvalue weighted by Gasteiger charge is 2.24. The van der Waals surface area contributed by atoms with Crippen molar-refractivity contribution in [3.63, 3.8) is 0 Å². The van der Waals surface area contributed by atoms with E-state index in [-0.39, 0.29) is 18.0 Å². The Morgan fingerprint density at radius 2 is 2.14 bits per heavy atom. The molecule has 0 atom stereocenters. The Morgan fingerprint density at radius 3 is 2.86 bits per heavy atom. The Morgan fingerprint density at radius 1 is 1.33 bits per heavy atom. The maximum absolute atomic E-state index is 12.3. The van der Waals surface area contributed by atoms with Gasteiger partial charge in [-0.1, -0.05) is 32.3 Å². The molecule has 0 unspecified atom stereocenters. The molecule has 21 heavy (non-hydrogen) atoms. The van der Waals surface area contributed by atoms with Crippen LogP contribution in [0.5, 0.6) is 5.75 Å². The van der Waals surface area contributed by atoms with Crippen molar-refractivity contribution in [1.82, 2.24) is 0 Å². The highest BCUT2D eigenvalue weighted by molar-refractivity contribution is 6.13. The molecule has 4 nitrogen and oxygen atoms in total. The topological polar surface area (TPSA) is 63.6 Å². The number of carbonyl (C=O) groups excluding carboxylic acids is 1. The van der Waals surface area contributed by atoms with Crippen LogP contribution in [0.25, 0.3) is 0 Å². The number of benzene rings is 1. The molecule has 1 N–H and O–H groups in total. The summed E-state index contributed by atoms with van der Waals surface area (Å²) in [6.07, 6.45) is 6.55. The van der Waals surface area contributed by atoms with E-state index in [4.69, 9.17) is 9.84 Å². The number of hydrogen-bond acceptors (Lipinski definition) is 3. The van der Waals surface area contributed by atoms with Crippen LogP contribution >= 0.6 is 0 Å². The first-order valence-electron chi connectivity index (χ1n) is 7.35. The summed E-state index contributed by atoms with van der Waals surface area (Å²) >= 11 is 0. The molecule has 2 rings (SSSR count). The molecule has 4 heteroatoms. The second-order valence-corrected chi connectivity index (χ2v) is 5.27. The van der Waals surface area contributed by atoms with E-state index in [1.54, 1.807) is 6.07 Å². The minimum absolute atomic E-state index is 0.0218. The van der Waals surface area contributed by atoms with Gasteiger partial charge in [0, 0.05) is 11.6 Å². The van der Waals surface area contributed by atoms with Crippen molar-refractivity contribution in [2.75, 3.05) is 6.61 Å². The molecular weight excluding hydrogens is 268 g/mol. The van der Waals surface area contributed by atoms with Crippen LogP contribution in [0.2, 0.25) is 0 Å². The Labute approximate surface area is 124 Å². The number of fused-ring (bicyclic) bond motifs is 1. The van der Waals surface area contributed by atoms with Gasteiger partial charge < -0.3 is 9.84 Å². The van der Waals surface area contributed by atoms with Gasteiger partial charge in [-0.05, 0) is 30.5 Å². The van der Waals surface area contributed by atoms with Gasteiger partial charge in [-0.2, -0.15) is 0 Å². The van der Waals surface area contributed by atoms with Crippen molar-refractivity contribution in [3.05, 3.63) is 41.0 Å². The molecule has 112 valence electrons. The number of unbranched alkanes of at least 4 members (excludes halogenated alkanes) is 3. The van der Waals surface area contributed by atoms with Gasteiger partial charge in [0.05, 0.1) is 5.56 Å². The molecule has 1 aromatic rings. The number of ether oxygens (including phenoxy) is 1. The summed E-state index contributed by atoms with van der Waals surface area (Å²) < 4.78 is 5.45.